The standard InChI is InChI=1S/C18H19O2.C14H11O.Fe/c19-17(15-9-3-1-4-10-15)13-5-2-6-14-18(20)16-11-7-8-12-16;15-14(13-8-4-5-9-13)11-10-12-6-2-1-3-7-12;/h1,3-4,7-12H,2,5-6,13-14H2;1-11H;. The molecule has 0 saturated carbocycles. The summed E-state index contributed by atoms with van der Waals surface area (Å²) in [6, 6.07) is 19.8. The first-order valence-electron chi connectivity index (χ1n) is 13.9. The molecule has 0 amide bonds. The van der Waals surface area contributed by atoms with Crippen LogP contribution >= 0.6 is 0 Å². The van der Waals surface area contributed by atoms with E-state index in [1.165, 1.54) is 0 Å². The fourth-order valence-electron chi connectivity index (χ4n) is 20.6. The topological polar surface area (TPSA) is 51.2 Å². The van der Waals surface area contributed by atoms with Crippen LogP contribution in [0.4, 0.5) is 0 Å². The van der Waals surface area contributed by atoms with Crippen LogP contribution in [-0.4, -0.2) is 17.3 Å². The SMILES string of the molecule is O=C(CCCCCC(=O)[C]12[CH]3[CH]4[CH]5[CH]1[Fe]45321678[CH]2[CH]1[CH]6[C]7(C(=O)C=Cc1ccccc1)[CH]28)c1ccccc1. The third-order valence-electron chi connectivity index (χ3n) is 19.2. The summed E-state index contributed by atoms with van der Waals surface area (Å²) in [5, 5.41) is 0. The molecule has 10 aliphatic heterocycles. The summed E-state index contributed by atoms with van der Waals surface area (Å²) in [7, 11) is 0. The van der Waals surface area contributed by atoms with Gasteiger partial charge in [0.1, 0.15) is 0 Å². The van der Waals surface area contributed by atoms with Gasteiger partial charge in [0.2, 0.25) is 0 Å². The van der Waals surface area contributed by atoms with Gasteiger partial charge in [-0.3, -0.25) is 0 Å². The van der Waals surface area contributed by atoms with Crippen LogP contribution in [0.25, 0.3) is 6.08 Å². The van der Waals surface area contributed by atoms with Gasteiger partial charge in [-0.05, 0) is 0 Å². The number of allylic oxidation sites excluding steroid dienone is 1. The van der Waals surface area contributed by atoms with E-state index in [0.29, 0.717) is 24.4 Å². The molecule has 0 bridgehead atoms. The first-order valence-corrected chi connectivity index (χ1v) is 20.1. The van der Waals surface area contributed by atoms with Gasteiger partial charge in [-0.2, -0.15) is 0 Å². The first kappa shape index (κ1) is 18.0. The molecule has 10 aliphatic rings. The molecule has 12 rings (SSSR count). The molecule has 10 heterocycles. The molecule has 4 heteroatoms. The number of ketones is 3. The summed E-state index contributed by atoms with van der Waals surface area (Å²) in [5.41, 5.74) is 1.90. The Labute approximate surface area is 201 Å². The summed E-state index contributed by atoms with van der Waals surface area (Å²) in [6.45, 7) is -4.10. The van der Waals surface area contributed by atoms with Gasteiger partial charge in [0.25, 0.3) is 0 Å². The normalized spacial score (nSPS) is 64.3. The van der Waals surface area contributed by atoms with Crippen LogP contribution in [-0.2, 0) is 16.1 Å². The van der Waals surface area contributed by atoms with Crippen molar-refractivity contribution in [2.24, 2.45) is 0 Å². The van der Waals surface area contributed by atoms with Crippen LogP contribution in [0.15, 0.2) is 66.7 Å². The molecule has 36 heavy (non-hydrogen) atoms. The molecule has 2 aromatic rings. The predicted molar refractivity (Wildman–Crippen MR) is 135 cm³/mol. The Hall–Kier alpha value is -2.29. The molecule has 10 fully saturated rings. The van der Waals surface area contributed by atoms with Crippen molar-refractivity contribution in [2.45, 2.75) is 79.3 Å². The van der Waals surface area contributed by atoms with Crippen LogP contribution < -0.4 is 0 Å². The predicted octanol–water partition coefficient (Wildman–Crippen LogP) is 7.80. The minimum absolute atomic E-state index is 0.0530. The monoisotopic (exact) mass is 518 g/mol. The van der Waals surface area contributed by atoms with Crippen molar-refractivity contribution in [1.82, 2.24) is 0 Å². The van der Waals surface area contributed by atoms with E-state index in [9.17, 15) is 14.4 Å². The molecular formula is C32H30FeO3. The van der Waals surface area contributed by atoms with Crippen LogP contribution in [0.3, 0.4) is 0 Å². The molecule has 0 aliphatic carbocycles. The van der Waals surface area contributed by atoms with Crippen molar-refractivity contribution in [3.8, 4) is 0 Å². The Morgan fingerprint density at radius 1 is 0.694 bits per heavy atom. The quantitative estimate of drug-likeness (QED) is 0.132. The maximum absolute atomic E-state index is 14.1. The number of unbranched alkanes of at least 4 members (excludes halogenated alkanes) is 2. The van der Waals surface area contributed by atoms with Crippen molar-refractivity contribution in [2.75, 3.05) is 0 Å². The zero-order valence-corrected chi connectivity index (χ0v) is 21.3. The average Bonchev–Trinajstić information content (AvgIpc) is 3.86. The average molecular weight is 518 g/mol. The van der Waals surface area contributed by atoms with Gasteiger partial charge in [0.05, 0.1) is 0 Å². The number of fused-ring (bicyclic) bond motifs is 10. The summed E-state index contributed by atoms with van der Waals surface area (Å²) < 4.78 is 0.155. The molecule has 2 aromatic carbocycles. The summed E-state index contributed by atoms with van der Waals surface area (Å²) in [6.07, 6.45) is 8.01. The Morgan fingerprint density at radius 3 is 1.86 bits per heavy atom. The van der Waals surface area contributed by atoms with Crippen LogP contribution in [0.5, 0.6) is 0 Å². The van der Waals surface area contributed by atoms with E-state index in [0.717, 1.165) is 68.9 Å². The van der Waals surface area contributed by atoms with E-state index in [-0.39, 0.29) is 14.4 Å². The maximum atomic E-state index is 14.1. The molecule has 1 spiro atoms. The molecule has 8 unspecified atom stereocenters. The zero-order chi connectivity index (χ0) is 23.8. The second-order valence-corrected chi connectivity index (χ2v) is 38.9. The molecule has 0 radical (unpaired) electrons. The van der Waals surface area contributed by atoms with Crippen molar-refractivity contribution in [3.05, 3.63) is 77.9 Å². The number of carbonyl (C=O) groups is 3. The number of hydrogen-bond acceptors (Lipinski definition) is 3. The second kappa shape index (κ2) is 2.68. The van der Waals surface area contributed by atoms with Crippen LogP contribution in [0.2, 0.25) is 47.2 Å². The third kappa shape index (κ3) is 0.414. The number of Topliss-reactive ketones (excluding diaryl/α,β-unsaturated/α-hetero) is 2. The van der Waals surface area contributed by atoms with E-state index >= 15 is 0 Å². The van der Waals surface area contributed by atoms with Crippen molar-refractivity contribution in [1.29, 1.82) is 0 Å². The van der Waals surface area contributed by atoms with E-state index < -0.39 is 6.51 Å². The van der Waals surface area contributed by atoms with E-state index in [4.69, 9.17) is 0 Å². The Kier molecular flexibility index (Phi) is 1.34. The van der Waals surface area contributed by atoms with Gasteiger partial charge in [0.15, 0.2) is 0 Å². The van der Waals surface area contributed by atoms with Crippen LogP contribution in [0.1, 0.15) is 48.0 Å². The van der Waals surface area contributed by atoms with Gasteiger partial charge >= 0.3 is 201 Å². The van der Waals surface area contributed by atoms with Gasteiger partial charge < -0.3 is 0 Å². The van der Waals surface area contributed by atoms with E-state index in [1.54, 1.807) is 0 Å². The van der Waals surface area contributed by atoms with Gasteiger partial charge in [-0.1, -0.05) is 0 Å². The second-order valence-electron chi connectivity index (χ2n) is 15.7. The fourth-order valence-corrected chi connectivity index (χ4v) is 96.3. The molecule has 8 atom stereocenters. The first-order chi connectivity index (χ1) is 17.3. The summed E-state index contributed by atoms with van der Waals surface area (Å²) in [4.78, 5) is 47.3. The molecular weight excluding hydrogens is 488 g/mol. The Morgan fingerprint density at radius 2 is 1.25 bits per heavy atom. The molecule has 0 N–H and O–H groups in total. The van der Waals surface area contributed by atoms with Crippen molar-refractivity contribution < 1.29 is 20.9 Å². The fraction of sp³-hybridized carbons (Fsp3) is 0.469. The Bertz CT molecular complexity index is 1920. The van der Waals surface area contributed by atoms with E-state index in [1.807, 2.05) is 60.7 Å². The minimum atomic E-state index is -4.10. The number of hydrogen-bond donors (Lipinski definition) is 0. The van der Waals surface area contributed by atoms with Crippen molar-refractivity contribution in [3.63, 3.8) is 0 Å². The Balaban J connectivity index is 0.826. The molecule has 0 aromatic heterocycles. The van der Waals surface area contributed by atoms with Crippen molar-refractivity contribution >= 4 is 23.4 Å². The third-order valence-corrected chi connectivity index (χ3v) is 62.0. The molecule has 184 valence electrons. The number of rotatable bonds is 11. The molecule has 3 nitrogen and oxygen atoms in total. The summed E-state index contributed by atoms with van der Waals surface area (Å²) in [5.74, 6) is 1.29. The van der Waals surface area contributed by atoms with Crippen LogP contribution in [0, 0.1) is 0 Å². The van der Waals surface area contributed by atoms with Gasteiger partial charge in [0, 0.05) is 0 Å². The molecule has 10 saturated heterocycles. The zero-order valence-electron chi connectivity index (χ0n) is 20.2. The van der Waals surface area contributed by atoms with Gasteiger partial charge in [-0.25, -0.2) is 0 Å². The number of benzene rings is 2. The van der Waals surface area contributed by atoms with Gasteiger partial charge in [-0.15, -0.1) is 0 Å². The number of carbonyl (C=O) groups excluding carboxylic acids is 3. The van der Waals surface area contributed by atoms with E-state index in [2.05, 4.69) is 12.1 Å². The summed E-state index contributed by atoms with van der Waals surface area (Å²) >= 11 is 0.